The quantitative estimate of drug-likeness (QED) is 0.556. The van der Waals surface area contributed by atoms with Gasteiger partial charge in [0.1, 0.15) is 5.82 Å². The maximum absolute atomic E-state index is 13.9. The lowest BCUT2D eigenvalue weighted by Crippen LogP contribution is -2.41. The molecule has 0 aromatic heterocycles. The van der Waals surface area contributed by atoms with Crippen molar-refractivity contribution in [2.75, 3.05) is 11.5 Å². The first-order chi connectivity index (χ1) is 16.1. The van der Waals surface area contributed by atoms with Crippen molar-refractivity contribution in [1.82, 2.24) is 0 Å². The Labute approximate surface area is 199 Å². The molecular weight excluding hydrogens is 469 g/mol. The smallest absolute Gasteiger partial charge is 0.418 e. The lowest BCUT2D eigenvalue weighted by Gasteiger charge is -2.41. The molecule has 2 aromatic carbocycles. The Morgan fingerprint density at radius 2 is 1.82 bits per heavy atom. The van der Waals surface area contributed by atoms with Crippen molar-refractivity contribution in [2.24, 2.45) is 5.73 Å². The number of rotatable bonds is 4. The number of carbonyl (C=O) groups is 2. The monoisotopic (exact) mass is 490 g/mol. The molecule has 1 atom stereocenters. The van der Waals surface area contributed by atoms with Crippen molar-refractivity contribution in [3.63, 3.8) is 0 Å². The number of nitrogens with zero attached hydrogens (tertiary/aromatic N) is 1. The molecule has 1 heterocycles. The number of hydrogen-bond donors (Lipinski definition) is 1. The normalized spacial score (nSPS) is 18.8. The molecule has 178 valence electrons. The van der Waals surface area contributed by atoms with E-state index in [1.807, 2.05) is 0 Å². The van der Waals surface area contributed by atoms with Crippen molar-refractivity contribution >= 4 is 29.0 Å². The van der Waals surface area contributed by atoms with Gasteiger partial charge in [-0.15, -0.1) is 0 Å². The minimum atomic E-state index is -4.67. The van der Waals surface area contributed by atoms with Crippen LogP contribution >= 0.6 is 11.6 Å². The van der Waals surface area contributed by atoms with E-state index in [9.17, 15) is 22.8 Å². The first-order valence-corrected chi connectivity index (χ1v) is 11.2. The number of para-hydroxylation sites is 1. The van der Waals surface area contributed by atoms with Crippen molar-refractivity contribution in [3.8, 4) is 0 Å². The van der Waals surface area contributed by atoms with Crippen LogP contribution in [0.4, 0.5) is 18.9 Å². The summed E-state index contributed by atoms with van der Waals surface area (Å²) < 4.78 is 47.0. The Bertz CT molecular complexity index is 1200. The third kappa shape index (κ3) is 4.18. The van der Waals surface area contributed by atoms with Crippen LogP contribution in [0.2, 0.25) is 5.02 Å². The molecule has 0 saturated carbocycles. The van der Waals surface area contributed by atoms with Crippen molar-refractivity contribution in [1.29, 1.82) is 0 Å². The maximum atomic E-state index is 13.9. The Morgan fingerprint density at radius 3 is 2.47 bits per heavy atom. The molecule has 2 N–H and O–H groups in total. The first kappa shape index (κ1) is 23.9. The fourth-order valence-electron chi connectivity index (χ4n) is 4.57. The number of carbonyl (C=O) groups excluding carboxylic acids is 2. The highest BCUT2D eigenvalue weighted by atomic mass is 35.5. The summed E-state index contributed by atoms with van der Waals surface area (Å²) >= 11 is 6.04. The summed E-state index contributed by atoms with van der Waals surface area (Å²) in [5, 5.41) is 0.458. The molecule has 0 amide bonds. The van der Waals surface area contributed by atoms with Gasteiger partial charge in [-0.3, -0.25) is 9.69 Å². The molecule has 2 aliphatic rings. The molecule has 9 heteroatoms. The van der Waals surface area contributed by atoms with Gasteiger partial charge in [-0.1, -0.05) is 35.9 Å². The van der Waals surface area contributed by atoms with Crippen LogP contribution in [0.1, 0.15) is 43.2 Å². The van der Waals surface area contributed by atoms with E-state index in [2.05, 4.69) is 0 Å². The number of anilines is 1. The molecule has 0 fully saturated rings. The molecule has 0 radical (unpaired) electrons. The number of nitrogens with two attached hydrogens (primary N) is 1. The third-order valence-corrected chi connectivity index (χ3v) is 6.19. The highest BCUT2D eigenvalue weighted by Gasteiger charge is 2.45. The number of benzene rings is 2. The van der Waals surface area contributed by atoms with Crippen LogP contribution in [0.25, 0.3) is 0 Å². The largest absolute Gasteiger partial charge is 0.463 e. The zero-order valence-electron chi connectivity index (χ0n) is 18.3. The molecule has 2 aromatic rings. The molecule has 1 unspecified atom stereocenters. The number of halogens is 4. The Balaban J connectivity index is 2.03. The van der Waals surface area contributed by atoms with Gasteiger partial charge < -0.3 is 10.5 Å². The van der Waals surface area contributed by atoms with Crippen LogP contribution in [0.3, 0.4) is 0 Å². The summed E-state index contributed by atoms with van der Waals surface area (Å²) in [4.78, 5) is 27.6. The number of ketones is 1. The summed E-state index contributed by atoms with van der Waals surface area (Å²) in [6.07, 6.45) is -3.67. The molecule has 5 nitrogen and oxygen atoms in total. The second kappa shape index (κ2) is 9.18. The van der Waals surface area contributed by atoms with Gasteiger partial charge >= 0.3 is 12.1 Å². The molecule has 1 aliphatic carbocycles. The number of ether oxygens (including phenoxy) is 1. The minimum absolute atomic E-state index is 0.0297. The number of esters is 1. The van der Waals surface area contributed by atoms with Gasteiger partial charge in [0.05, 0.1) is 29.3 Å². The Morgan fingerprint density at radius 1 is 1.15 bits per heavy atom. The van der Waals surface area contributed by atoms with E-state index in [-0.39, 0.29) is 41.5 Å². The zero-order chi connectivity index (χ0) is 24.6. The van der Waals surface area contributed by atoms with Crippen LogP contribution in [-0.4, -0.2) is 18.4 Å². The van der Waals surface area contributed by atoms with E-state index in [4.69, 9.17) is 22.1 Å². The van der Waals surface area contributed by atoms with Crippen LogP contribution < -0.4 is 10.6 Å². The highest BCUT2D eigenvalue weighted by Crippen LogP contribution is 2.49. The maximum Gasteiger partial charge on any atom is 0.418 e. The Hall–Kier alpha value is -3.26. The molecule has 0 bridgehead atoms. The number of hydrogen-bond acceptors (Lipinski definition) is 5. The fourth-order valence-corrected chi connectivity index (χ4v) is 4.69. The molecule has 34 heavy (non-hydrogen) atoms. The second-order valence-corrected chi connectivity index (χ2v) is 8.43. The lowest BCUT2D eigenvalue weighted by molar-refractivity contribution is -0.139. The predicted octanol–water partition coefficient (Wildman–Crippen LogP) is 5.70. The third-order valence-electron chi connectivity index (χ3n) is 5.94. The van der Waals surface area contributed by atoms with Gasteiger partial charge in [0.25, 0.3) is 0 Å². The van der Waals surface area contributed by atoms with Crippen molar-refractivity contribution in [2.45, 2.75) is 38.3 Å². The minimum Gasteiger partial charge on any atom is -0.463 e. The van der Waals surface area contributed by atoms with E-state index in [0.29, 0.717) is 29.1 Å². The van der Waals surface area contributed by atoms with Gasteiger partial charge in [-0.05, 0) is 49.6 Å². The summed E-state index contributed by atoms with van der Waals surface area (Å²) in [5.41, 5.74) is 6.42. The predicted molar refractivity (Wildman–Crippen MR) is 122 cm³/mol. The zero-order valence-corrected chi connectivity index (χ0v) is 19.0. The molecule has 0 spiro atoms. The van der Waals surface area contributed by atoms with Crippen LogP contribution in [0, 0.1) is 0 Å². The number of alkyl halides is 3. The van der Waals surface area contributed by atoms with Gasteiger partial charge in [-0.2, -0.15) is 13.2 Å². The van der Waals surface area contributed by atoms with Gasteiger partial charge in [-0.25, -0.2) is 4.79 Å². The summed E-state index contributed by atoms with van der Waals surface area (Å²) in [7, 11) is 0. The Kier molecular flexibility index (Phi) is 6.45. The van der Waals surface area contributed by atoms with Crippen molar-refractivity contribution in [3.05, 3.63) is 87.3 Å². The van der Waals surface area contributed by atoms with E-state index >= 15 is 0 Å². The molecule has 0 saturated heterocycles. The van der Waals surface area contributed by atoms with E-state index < -0.39 is 23.6 Å². The van der Waals surface area contributed by atoms with Crippen molar-refractivity contribution < 1.29 is 27.5 Å². The molecule has 1 aliphatic heterocycles. The van der Waals surface area contributed by atoms with E-state index in [0.717, 1.165) is 6.07 Å². The highest BCUT2D eigenvalue weighted by molar-refractivity contribution is 6.30. The molecule has 4 rings (SSSR count). The average molecular weight is 491 g/mol. The van der Waals surface area contributed by atoms with Gasteiger partial charge in [0.15, 0.2) is 5.78 Å². The topological polar surface area (TPSA) is 72.6 Å². The van der Waals surface area contributed by atoms with E-state index in [1.165, 1.54) is 23.1 Å². The van der Waals surface area contributed by atoms with Gasteiger partial charge in [0, 0.05) is 22.7 Å². The second-order valence-electron chi connectivity index (χ2n) is 7.99. The van der Waals surface area contributed by atoms with Crippen LogP contribution in [0.15, 0.2) is 71.2 Å². The van der Waals surface area contributed by atoms with Crippen LogP contribution in [0.5, 0.6) is 0 Å². The summed E-state index contributed by atoms with van der Waals surface area (Å²) in [6, 6.07) is 11.5. The standard InChI is InChI=1S/C25H22ClF3N2O3/c1-2-34-24(33)22-20(14-10-12-15(26)13-11-14)21-18(8-5-9-19(21)32)31(23(22)30)17-7-4-3-6-16(17)25(27,28)29/h3-4,6-7,10-13,20H,2,5,8-9,30H2,1H3. The van der Waals surface area contributed by atoms with Crippen LogP contribution in [-0.2, 0) is 20.5 Å². The summed E-state index contributed by atoms with van der Waals surface area (Å²) in [6.45, 7) is 1.64. The van der Waals surface area contributed by atoms with Gasteiger partial charge in [0.2, 0.25) is 0 Å². The fraction of sp³-hybridized carbons (Fsp3) is 0.280. The van der Waals surface area contributed by atoms with E-state index in [1.54, 1.807) is 31.2 Å². The number of allylic oxidation sites excluding steroid dienone is 2. The number of Topliss-reactive ketones (excluding diaryl/α,β-unsaturated/α-hetero) is 1. The SMILES string of the molecule is CCOC(=O)C1=C(N)N(c2ccccc2C(F)(F)F)C2=C(C(=O)CCC2)C1c1ccc(Cl)cc1. The lowest BCUT2D eigenvalue weighted by atomic mass is 9.75. The average Bonchev–Trinajstić information content (AvgIpc) is 2.78. The first-order valence-electron chi connectivity index (χ1n) is 10.8. The summed E-state index contributed by atoms with van der Waals surface area (Å²) in [5.74, 6) is -2.11. The molecular formula is C25H22ClF3N2O3.